The Bertz CT molecular complexity index is 188. The van der Waals surface area contributed by atoms with E-state index >= 15 is 0 Å². The molecule has 0 aromatic rings. The number of alkyl halides is 3. The number of nitriles is 1. The minimum absolute atomic E-state index is 0.00899. The first kappa shape index (κ1) is 13.2. The van der Waals surface area contributed by atoms with Crippen LogP contribution in [0.2, 0.25) is 0 Å². The highest BCUT2D eigenvalue weighted by atomic mass is 19.4. The molecule has 0 saturated carbocycles. The van der Waals surface area contributed by atoms with Gasteiger partial charge in [-0.3, -0.25) is 4.90 Å². The van der Waals surface area contributed by atoms with Crippen molar-refractivity contribution in [3.8, 4) is 6.07 Å². The smallest absolute Gasteiger partial charge is 0.395 e. The molecule has 0 amide bonds. The zero-order chi connectivity index (χ0) is 11.0. The second-order valence-corrected chi connectivity index (χ2v) is 2.88. The summed E-state index contributed by atoms with van der Waals surface area (Å²) in [6.07, 6.45) is -3.62. The number of unbranched alkanes of at least 4 members (excludes halogenated alkanes) is 1. The van der Waals surface area contributed by atoms with Crippen LogP contribution in [0.5, 0.6) is 0 Å². The standard InChI is InChI=1S/C8H13F3N2O/c9-8(10,11)7-13(5-6-14)4-2-1-3-12/h14H,1-2,4-7H2. The van der Waals surface area contributed by atoms with Gasteiger partial charge >= 0.3 is 6.18 Å². The summed E-state index contributed by atoms with van der Waals surface area (Å²) in [5.41, 5.74) is 0. The fourth-order valence-electron chi connectivity index (χ4n) is 1.05. The van der Waals surface area contributed by atoms with Gasteiger partial charge in [0.1, 0.15) is 0 Å². The van der Waals surface area contributed by atoms with E-state index in [1.807, 2.05) is 6.07 Å². The molecule has 0 aromatic heterocycles. The van der Waals surface area contributed by atoms with E-state index in [4.69, 9.17) is 10.4 Å². The lowest BCUT2D eigenvalue weighted by atomic mass is 10.3. The number of nitrogens with zero attached hydrogens (tertiary/aromatic N) is 2. The SMILES string of the molecule is N#CCCCN(CCO)CC(F)(F)F. The van der Waals surface area contributed by atoms with Gasteiger partial charge < -0.3 is 5.11 Å². The van der Waals surface area contributed by atoms with Crippen LogP contribution >= 0.6 is 0 Å². The number of halogens is 3. The monoisotopic (exact) mass is 210 g/mol. The van der Waals surface area contributed by atoms with E-state index in [0.29, 0.717) is 6.42 Å². The molecule has 0 spiro atoms. The summed E-state index contributed by atoms with van der Waals surface area (Å²) in [5.74, 6) is 0. The van der Waals surface area contributed by atoms with Gasteiger partial charge in [-0.1, -0.05) is 0 Å². The van der Waals surface area contributed by atoms with Crippen LogP contribution in [0.3, 0.4) is 0 Å². The Morgan fingerprint density at radius 3 is 2.36 bits per heavy atom. The van der Waals surface area contributed by atoms with E-state index in [1.54, 1.807) is 0 Å². The summed E-state index contributed by atoms with van der Waals surface area (Å²) in [7, 11) is 0. The summed E-state index contributed by atoms with van der Waals surface area (Å²) in [6.45, 7) is -1.15. The van der Waals surface area contributed by atoms with Gasteiger partial charge in [-0.2, -0.15) is 18.4 Å². The molecule has 0 bridgehead atoms. The Balaban J connectivity index is 3.84. The molecule has 0 aliphatic rings. The topological polar surface area (TPSA) is 47.3 Å². The van der Waals surface area contributed by atoms with Gasteiger partial charge in [-0.25, -0.2) is 0 Å². The molecule has 82 valence electrons. The lowest BCUT2D eigenvalue weighted by Crippen LogP contribution is -2.36. The van der Waals surface area contributed by atoms with E-state index in [1.165, 1.54) is 0 Å². The first-order valence-corrected chi connectivity index (χ1v) is 4.26. The third-order valence-electron chi connectivity index (χ3n) is 1.58. The average molecular weight is 210 g/mol. The third-order valence-corrected chi connectivity index (χ3v) is 1.58. The highest BCUT2D eigenvalue weighted by molar-refractivity contribution is 4.71. The van der Waals surface area contributed by atoms with Gasteiger partial charge in [-0.15, -0.1) is 0 Å². The van der Waals surface area contributed by atoms with Crippen molar-refractivity contribution in [2.75, 3.05) is 26.2 Å². The molecule has 1 N–H and O–H groups in total. The molecule has 0 aliphatic carbocycles. The largest absolute Gasteiger partial charge is 0.401 e. The molecule has 0 unspecified atom stereocenters. The molecule has 0 fully saturated rings. The fourth-order valence-corrected chi connectivity index (χ4v) is 1.05. The van der Waals surface area contributed by atoms with Crippen molar-refractivity contribution < 1.29 is 18.3 Å². The average Bonchev–Trinajstić information content (AvgIpc) is 2.02. The maximum atomic E-state index is 11.9. The minimum atomic E-state index is -4.25. The Kier molecular flexibility index (Phi) is 6.25. The van der Waals surface area contributed by atoms with Crippen LogP contribution in [-0.4, -0.2) is 42.4 Å². The van der Waals surface area contributed by atoms with Crippen molar-refractivity contribution >= 4 is 0 Å². The van der Waals surface area contributed by atoms with E-state index in [-0.39, 0.29) is 26.1 Å². The molecule has 0 radical (unpaired) electrons. The summed E-state index contributed by atoms with van der Waals surface area (Å²) in [4.78, 5) is 1.09. The zero-order valence-electron chi connectivity index (χ0n) is 7.72. The number of rotatable bonds is 6. The molecular weight excluding hydrogens is 197 g/mol. The van der Waals surface area contributed by atoms with Gasteiger partial charge in [0.15, 0.2) is 0 Å². The normalized spacial score (nSPS) is 11.7. The number of aliphatic hydroxyl groups excluding tert-OH is 1. The Labute approximate surface area is 80.7 Å². The zero-order valence-corrected chi connectivity index (χ0v) is 7.72. The van der Waals surface area contributed by atoms with Crippen molar-refractivity contribution in [2.24, 2.45) is 0 Å². The molecule has 6 heteroatoms. The maximum absolute atomic E-state index is 11.9. The molecule has 0 rings (SSSR count). The lowest BCUT2D eigenvalue weighted by Gasteiger charge is -2.21. The third kappa shape index (κ3) is 7.83. The molecule has 0 saturated heterocycles. The van der Waals surface area contributed by atoms with E-state index in [9.17, 15) is 13.2 Å². The summed E-state index contributed by atoms with van der Waals surface area (Å²) >= 11 is 0. The molecule has 0 aromatic carbocycles. The lowest BCUT2D eigenvalue weighted by molar-refractivity contribution is -0.146. The van der Waals surface area contributed by atoms with Crippen molar-refractivity contribution in [3.05, 3.63) is 0 Å². The van der Waals surface area contributed by atoms with E-state index in [0.717, 1.165) is 4.90 Å². The van der Waals surface area contributed by atoms with Gasteiger partial charge in [0.2, 0.25) is 0 Å². The van der Waals surface area contributed by atoms with Crippen molar-refractivity contribution in [2.45, 2.75) is 19.0 Å². The number of hydrogen-bond acceptors (Lipinski definition) is 3. The van der Waals surface area contributed by atoms with Gasteiger partial charge in [0, 0.05) is 13.0 Å². The first-order valence-electron chi connectivity index (χ1n) is 4.26. The van der Waals surface area contributed by atoms with Crippen molar-refractivity contribution in [3.63, 3.8) is 0 Å². The van der Waals surface area contributed by atoms with Crippen molar-refractivity contribution in [1.29, 1.82) is 5.26 Å². The fraction of sp³-hybridized carbons (Fsp3) is 0.875. The number of aliphatic hydroxyl groups is 1. The molecule has 0 aliphatic heterocycles. The molecular formula is C8H13F3N2O. The predicted molar refractivity (Wildman–Crippen MR) is 44.4 cm³/mol. The molecule has 0 atom stereocenters. The first-order chi connectivity index (χ1) is 6.49. The van der Waals surface area contributed by atoms with E-state index in [2.05, 4.69) is 0 Å². The van der Waals surface area contributed by atoms with Crippen LogP contribution in [0.25, 0.3) is 0 Å². The quantitative estimate of drug-likeness (QED) is 0.669. The Morgan fingerprint density at radius 2 is 1.93 bits per heavy atom. The summed E-state index contributed by atoms with van der Waals surface area (Å²) in [5, 5.41) is 16.7. The Hall–Kier alpha value is -0.800. The highest BCUT2D eigenvalue weighted by Gasteiger charge is 2.30. The van der Waals surface area contributed by atoms with Crippen LogP contribution in [0, 0.1) is 11.3 Å². The van der Waals surface area contributed by atoms with Crippen LogP contribution in [-0.2, 0) is 0 Å². The van der Waals surface area contributed by atoms with Gasteiger partial charge in [-0.05, 0) is 13.0 Å². The molecule has 3 nitrogen and oxygen atoms in total. The van der Waals surface area contributed by atoms with E-state index < -0.39 is 12.7 Å². The molecule has 0 heterocycles. The molecule has 14 heavy (non-hydrogen) atoms. The van der Waals surface area contributed by atoms with Crippen LogP contribution in [0.15, 0.2) is 0 Å². The minimum Gasteiger partial charge on any atom is -0.395 e. The van der Waals surface area contributed by atoms with Crippen LogP contribution < -0.4 is 0 Å². The van der Waals surface area contributed by atoms with Gasteiger partial charge in [0.25, 0.3) is 0 Å². The predicted octanol–water partition coefficient (Wildman–Crippen LogP) is 1.15. The Morgan fingerprint density at radius 1 is 1.29 bits per heavy atom. The van der Waals surface area contributed by atoms with Gasteiger partial charge in [0.05, 0.1) is 19.2 Å². The summed E-state index contributed by atoms with van der Waals surface area (Å²) in [6, 6.07) is 1.86. The van der Waals surface area contributed by atoms with Crippen LogP contribution in [0.4, 0.5) is 13.2 Å². The highest BCUT2D eigenvalue weighted by Crippen LogP contribution is 2.16. The maximum Gasteiger partial charge on any atom is 0.401 e. The summed E-state index contributed by atoms with van der Waals surface area (Å²) < 4.78 is 35.8. The number of hydrogen-bond donors (Lipinski definition) is 1. The van der Waals surface area contributed by atoms with Crippen molar-refractivity contribution in [1.82, 2.24) is 4.90 Å². The van der Waals surface area contributed by atoms with Crippen LogP contribution in [0.1, 0.15) is 12.8 Å². The second kappa shape index (κ2) is 6.62. The second-order valence-electron chi connectivity index (χ2n) is 2.88.